The number of ether oxygens (including phenoxy) is 1. The number of halogens is 1. The van der Waals surface area contributed by atoms with Gasteiger partial charge in [-0.2, -0.15) is 11.8 Å². The molecule has 2 rings (SSSR count). The summed E-state index contributed by atoms with van der Waals surface area (Å²) >= 11 is 1.82. The van der Waals surface area contributed by atoms with Crippen LogP contribution in [0.4, 0.5) is 0 Å². The lowest BCUT2D eigenvalue weighted by Crippen LogP contribution is -2.38. The van der Waals surface area contributed by atoms with Gasteiger partial charge in [0.2, 0.25) is 0 Å². The van der Waals surface area contributed by atoms with Crippen LogP contribution in [0, 0.1) is 0 Å². The van der Waals surface area contributed by atoms with Crippen molar-refractivity contribution < 1.29 is 4.74 Å². The summed E-state index contributed by atoms with van der Waals surface area (Å²) in [6.45, 7) is 1.64. The Morgan fingerprint density at radius 1 is 1.32 bits per heavy atom. The van der Waals surface area contributed by atoms with Crippen LogP contribution in [-0.4, -0.2) is 37.7 Å². The molecule has 0 saturated heterocycles. The molecule has 0 aromatic heterocycles. The van der Waals surface area contributed by atoms with Crippen LogP contribution in [-0.2, 0) is 6.54 Å². The highest BCUT2D eigenvalue weighted by Gasteiger charge is 2.20. The second-order valence-corrected chi connectivity index (χ2v) is 6.11. The Labute approximate surface area is 154 Å². The molecule has 1 fully saturated rings. The summed E-state index contributed by atoms with van der Waals surface area (Å²) in [5.41, 5.74) is 1.18. The molecular weight excluding hydrogens is 409 g/mol. The zero-order chi connectivity index (χ0) is 14.9. The zero-order valence-electron chi connectivity index (χ0n) is 13.3. The van der Waals surface area contributed by atoms with Gasteiger partial charge in [0, 0.05) is 31.5 Å². The average molecular weight is 435 g/mol. The summed E-state index contributed by atoms with van der Waals surface area (Å²) in [5, 5.41) is 6.64. The van der Waals surface area contributed by atoms with Crippen LogP contribution in [0.25, 0.3) is 0 Å². The minimum atomic E-state index is 0. The SMILES string of the molecule is CN=C(NCCSC)NCc1ccccc1OC1CCC1.I. The Bertz CT molecular complexity index is 466. The molecule has 0 amide bonds. The van der Waals surface area contributed by atoms with E-state index in [1.807, 2.05) is 17.8 Å². The van der Waals surface area contributed by atoms with Crippen molar-refractivity contribution >= 4 is 41.7 Å². The lowest BCUT2D eigenvalue weighted by atomic mass is 9.96. The molecule has 4 nitrogen and oxygen atoms in total. The van der Waals surface area contributed by atoms with E-state index in [2.05, 4.69) is 40.1 Å². The third-order valence-corrected chi connectivity index (χ3v) is 4.20. The molecule has 0 bridgehead atoms. The molecule has 0 heterocycles. The second kappa shape index (κ2) is 11.0. The Kier molecular flexibility index (Phi) is 9.70. The van der Waals surface area contributed by atoms with E-state index in [1.54, 1.807) is 7.05 Å². The number of aliphatic imine (C=N–C) groups is 1. The zero-order valence-corrected chi connectivity index (χ0v) is 16.4. The molecule has 0 atom stereocenters. The van der Waals surface area contributed by atoms with Gasteiger partial charge in [-0.3, -0.25) is 4.99 Å². The Morgan fingerprint density at radius 3 is 2.73 bits per heavy atom. The lowest BCUT2D eigenvalue weighted by Gasteiger charge is -2.27. The third kappa shape index (κ3) is 6.24. The monoisotopic (exact) mass is 435 g/mol. The van der Waals surface area contributed by atoms with Crippen LogP contribution in [0.5, 0.6) is 5.75 Å². The number of para-hydroxylation sites is 1. The van der Waals surface area contributed by atoms with Gasteiger partial charge in [-0.15, -0.1) is 24.0 Å². The minimum absolute atomic E-state index is 0. The number of nitrogens with zero attached hydrogens (tertiary/aromatic N) is 1. The first-order valence-electron chi connectivity index (χ1n) is 7.51. The molecule has 124 valence electrons. The van der Waals surface area contributed by atoms with Gasteiger partial charge < -0.3 is 15.4 Å². The topological polar surface area (TPSA) is 45.7 Å². The Balaban J connectivity index is 0.00000242. The highest BCUT2D eigenvalue weighted by molar-refractivity contribution is 14.0. The minimum Gasteiger partial charge on any atom is -0.490 e. The lowest BCUT2D eigenvalue weighted by molar-refractivity contribution is 0.119. The van der Waals surface area contributed by atoms with Crippen LogP contribution in [0.1, 0.15) is 24.8 Å². The smallest absolute Gasteiger partial charge is 0.191 e. The highest BCUT2D eigenvalue weighted by Crippen LogP contribution is 2.27. The maximum absolute atomic E-state index is 6.04. The number of guanidine groups is 1. The van der Waals surface area contributed by atoms with Gasteiger partial charge in [0.15, 0.2) is 5.96 Å². The molecule has 1 saturated carbocycles. The molecule has 6 heteroatoms. The van der Waals surface area contributed by atoms with Crippen molar-refractivity contribution in [1.29, 1.82) is 0 Å². The van der Waals surface area contributed by atoms with Gasteiger partial charge in [-0.05, 0) is 31.6 Å². The summed E-state index contributed by atoms with van der Waals surface area (Å²) in [4.78, 5) is 4.24. The van der Waals surface area contributed by atoms with Crippen molar-refractivity contribution in [3.8, 4) is 5.75 Å². The fraction of sp³-hybridized carbons (Fsp3) is 0.562. The molecular formula is C16H26IN3OS. The average Bonchev–Trinajstić information content (AvgIpc) is 2.47. The second-order valence-electron chi connectivity index (χ2n) is 5.12. The number of hydrogen-bond donors (Lipinski definition) is 2. The number of rotatable bonds is 7. The standard InChI is InChI=1S/C16H25N3OS.HI/c1-17-16(18-10-11-21-2)19-12-13-6-3-4-9-15(13)20-14-7-5-8-14;/h3-4,6,9,14H,5,7-8,10-12H2,1-2H3,(H2,17,18,19);1H. The number of nitrogens with one attached hydrogen (secondary N) is 2. The Hall–Kier alpha value is -0.630. The number of hydrogen-bond acceptors (Lipinski definition) is 3. The van der Waals surface area contributed by atoms with Crippen molar-refractivity contribution in [3.05, 3.63) is 29.8 Å². The van der Waals surface area contributed by atoms with E-state index in [1.165, 1.54) is 24.8 Å². The molecule has 1 aliphatic carbocycles. The first-order valence-corrected chi connectivity index (χ1v) is 8.91. The van der Waals surface area contributed by atoms with Gasteiger partial charge in [-0.1, -0.05) is 18.2 Å². The van der Waals surface area contributed by atoms with Gasteiger partial charge in [0.05, 0.1) is 6.10 Å². The summed E-state index contributed by atoms with van der Waals surface area (Å²) in [5.74, 6) is 2.90. The van der Waals surface area contributed by atoms with Crippen LogP contribution >= 0.6 is 35.7 Å². The summed E-state index contributed by atoms with van der Waals surface area (Å²) < 4.78 is 6.04. The van der Waals surface area contributed by atoms with Crippen molar-refractivity contribution in [2.24, 2.45) is 4.99 Å². The highest BCUT2D eigenvalue weighted by atomic mass is 127. The first kappa shape index (κ1) is 19.4. The van der Waals surface area contributed by atoms with E-state index in [-0.39, 0.29) is 24.0 Å². The van der Waals surface area contributed by atoms with Gasteiger partial charge in [0.25, 0.3) is 0 Å². The quantitative estimate of drug-likeness (QED) is 0.299. The maximum atomic E-state index is 6.04. The van der Waals surface area contributed by atoms with Crippen molar-refractivity contribution in [3.63, 3.8) is 0 Å². The summed E-state index contributed by atoms with van der Waals surface area (Å²) in [6, 6.07) is 8.24. The van der Waals surface area contributed by atoms with E-state index < -0.39 is 0 Å². The molecule has 0 spiro atoms. The predicted molar refractivity (Wildman–Crippen MR) is 107 cm³/mol. The van der Waals surface area contributed by atoms with E-state index in [0.717, 1.165) is 30.6 Å². The van der Waals surface area contributed by atoms with Gasteiger partial charge in [-0.25, -0.2) is 0 Å². The van der Waals surface area contributed by atoms with Gasteiger partial charge in [0.1, 0.15) is 5.75 Å². The van der Waals surface area contributed by atoms with Crippen molar-refractivity contribution in [1.82, 2.24) is 10.6 Å². The fourth-order valence-electron chi connectivity index (χ4n) is 2.10. The van der Waals surface area contributed by atoms with Crippen molar-refractivity contribution in [2.75, 3.05) is 25.6 Å². The van der Waals surface area contributed by atoms with E-state index in [0.29, 0.717) is 6.10 Å². The van der Waals surface area contributed by atoms with Crippen LogP contribution in [0.2, 0.25) is 0 Å². The fourth-order valence-corrected chi connectivity index (χ4v) is 2.41. The normalized spacial score (nSPS) is 14.7. The van der Waals surface area contributed by atoms with Crippen LogP contribution in [0.3, 0.4) is 0 Å². The molecule has 22 heavy (non-hydrogen) atoms. The maximum Gasteiger partial charge on any atom is 0.191 e. The molecule has 0 radical (unpaired) electrons. The predicted octanol–water partition coefficient (Wildman–Crippen LogP) is 3.26. The van der Waals surface area contributed by atoms with E-state index in [4.69, 9.17) is 4.74 Å². The van der Waals surface area contributed by atoms with Crippen molar-refractivity contribution in [2.45, 2.75) is 31.9 Å². The number of benzene rings is 1. The summed E-state index contributed by atoms with van der Waals surface area (Å²) in [6.07, 6.45) is 6.16. The summed E-state index contributed by atoms with van der Waals surface area (Å²) in [7, 11) is 1.80. The van der Waals surface area contributed by atoms with Crippen LogP contribution < -0.4 is 15.4 Å². The number of thioether (sulfide) groups is 1. The molecule has 0 unspecified atom stereocenters. The van der Waals surface area contributed by atoms with E-state index in [9.17, 15) is 0 Å². The molecule has 1 aromatic rings. The first-order chi connectivity index (χ1) is 10.3. The van der Waals surface area contributed by atoms with Gasteiger partial charge >= 0.3 is 0 Å². The Morgan fingerprint density at radius 2 is 2.09 bits per heavy atom. The van der Waals surface area contributed by atoms with Crippen LogP contribution in [0.15, 0.2) is 29.3 Å². The molecule has 0 aliphatic heterocycles. The van der Waals surface area contributed by atoms with E-state index >= 15 is 0 Å². The largest absolute Gasteiger partial charge is 0.490 e. The molecule has 1 aromatic carbocycles. The molecule has 1 aliphatic rings. The third-order valence-electron chi connectivity index (χ3n) is 3.59. The molecule has 2 N–H and O–H groups in total.